The summed E-state index contributed by atoms with van der Waals surface area (Å²) < 4.78 is 0. The Bertz CT molecular complexity index is 1080. The third-order valence-corrected chi connectivity index (χ3v) is 5.50. The number of Topliss-reactive ketones (excluding diaryl/α,β-unsaturated/α-hetero) is 1. The molecule has 0 radical (unpaired) electrons. The lowest BCUT2D eigenvalue weighted by Crippen LogP contribution is -2.45. The molecule has 1 N–H and O–H groups in total. The molecule has 1 aliphatic heterocycles. The lowest BCUT2D eigenvalue weighted by atomic mass is 9.82. The van der Waals surface area contributed by atoms with E-state index in [4.69, 9.17) is 0 Å². The predicted molar refractivity (Wildman–Crippen MR) is 114 cm³/mol. The van der Waals surface area contributed by atoms with Crippen LogP contribution in [0.4, 0.5) is 4.79 Å². The molecule has 0 atom stereocenters. The van der Waals surface area contributed by atoms with Gasteiger partial charge in [-0.15, -0.1) is 0 Å². The molecule has 1 saturated heterocycles. The number of nitrogens with zero attached hydrogens (tertiary/aromatic N) is 1. The molecule has 0 aromatic heterocycles. The van der Waals surface area contributed by atoms with Crippen LogP contribution in [-0.4, -0.2) is 29.2 Å². The van der Waals surface area contributed by atoms with E-state index in [0.717, 1.165) is 16.0 Å². The highest BCUT2D eigenvalue weighted by Gasteiger charge is 2.54. The van der Waals surface area contributed by atoms with Gasteiger partial charge in [0, 0.05) is 5.56 Å². The lowest BCUT2D eigenvalue weighted by Gasteiger charge is -2.28. The van der Waals surface area contributed by atoms with Crippen molar-refractivity contribution in [3.05, 3.63) is 107 Å². The van der Waals surface area contributed by atoms with Crippen LogP contribution in [0.5, 0.6) is 0 Å². The van der Waals surface area contributed by atoms with Gasteiger partial charge in [-0.05, 0) is 30.5 Å². The Hall–Kier alpha value is -3.73. The molecule has 5 nitrogen and oxygen atoms in total. The molecule has 1 aliphatic rings. The molecule has 0 spiro atoms. The van der Waals surface area contributed by atoms with Gasteiger partial charge in [-0.2, -0.15) is 0 Å². The van der Waals surface area contributed by atoms with Crippen LogP contribution in [0.25, 0.3) is 0 Å². The van der Waals surface area contributed by atoms with Crippen LogP contribution >= 0.6 is 0 Å². The molecule has 30 heavy (non-hydrogen) atoms. The van der Waals surface area contributed by atoms with Gasteiger partial charge in [0.25, 0.3) is 5.91 Å². The number of urea groups is 1. The second kappa shape index (κ2) is 7.59. The zero-order chi connectivity index (χ0) is 21.3. The Balaban J connectivity index is 1.73. The van der Waals surface area contributed by atoms with Crippen molar-refractivity contribution < 1.29 is 14.4 Å². The van der Waals surface area contributed by atoms with E-state index < -0.39 is 17.5 Å². The van der Waals surface area contributed by atoms with Crippen molar-refractivity contribution in [3.8, 4) is 0 Å². The third-order valence-electron chi connectivity index (χ3n) is 5.50. The molecule has 1 heterocycles. The summed E-state index contributed by atoms with van der Waals surface area (Å²) in [6.07, 6.45) is 0. The SMILES string of the molecule is Cc1ccc(C(=O)CN2C(=O)NC(c3ccccc3)(c3ccccc3)C2=O)c(C)c1. The highest BCUT2D eigenvalue weighted by atomic mass is 16.2. The molecular weight excluding hydrogens is 376 g/mol. The van der Waals surface area contributed by atoms with Crippen molar-refractivity contribution in [1.29, 1.82) is 0 Å². The number of imide groups is 1. The number of aryl methyl sites for hydroxylation is 2. The Morgan fingerprint density at radius 2 is 1.43 bits per heavy atom. The average molecular weight is 398 g/mol. The Morgan fingerprint density at radius 3 is 1.97 bits per heavy atom. The number of nitrogens with one attached hydrogen (secondary N) is 1. The monoisotopic (exact) mass is 398 g/mol. The number of carbonyl (C=O) groups excluding carboxylic acids is 3. The van der Waals surface area contributed by atoms with Crippen LogP contribution in [0.15, 0.2) is 78.9 Å². The Morgan fingerprint density at radius 1 is 0.867 bits per heavy atom. The molecular formula is C25H22N2O3. The van der Waals surface area contributed by atoms with Crippen molar-refractivity contribution in [3.63, 3.8) is 0 Å². The molecule has 0 unspecified atom stereocenters. The van der Waals surface area contributed by atoms with Crippen LogP contribution in [0.1, 0.15) is 32.6 Å². The topological polar surface area (TPSA) is 66.5 Å². The minimum Gasteiger partial charge on any atom is -0.315 e. The van der Waals surface area contributed by atoms with Crippen molar-refractivity contribution >= 4 is 17.7 Å². The Labute approximate surface area is 175 Å². The maximum absolute atomic E-state index is 13.6. The van der Waals surface area contributed by atoms with E-state index >= 15 is 0 Å². The van der Waals surface area contributed by atoms with Crippen molar-refractivity contribution in [1.82, 2.24) is 10.2 Å². The van der Waals surface area contributed by atoms with E-state index in [9.17, 15) is 14.4 Å². The van der Waals surface area contributed by atoms with Crippen molar-refractivity contribution in [2.24, 2.45) is 0 Å². The molecule has 150 valence electrons. The van der Waals surface area contributed by atoms with Crippen LogP contribution in [0.2, 0.25) is 0 Å². The molecule has 1 fully saturated rings. The fraction of sp³-hybridized carbons (Fsp3) is 0.160. The molecule has 3 amide bonds. The van der Waals surface area contributed by atoms with Gasteiger partial charge in [0.15, 0.2) is 11.3 Å². The summed E-state index contributed by atoms with van der Waals surface area (Å²) >= 11 is 0. The largest absolute Gasteiger partial charge is 0.325 e. The highest BCUT2D eigenvalue weighted by molar-refractivity contribution is 6.13. The van der Waals surface area contributed by atoms with Crippen molar-refractivity contribution in [2.45, 2.75) is 19.4 Å². The maximum Gasteiger partial charge on any atom is 0.325 e. The number of amides is 3. The molecule has 0 bridgehead atoms. The van der Waals surface area contributed by atoms with Gasteiger partial charge in [0.05, 0.1) is 6.54 Å². The summed E-state index contributed by atoms with van der Waals surface area (Å²) in [5.41, 5.74) is 2.32. The maximum atomic E-state index is 13.6. The average Bonchev–Trinajstić information content (AvgIpc) is 3.00. The first-order chi connectivity index (χ1) is 14.4. The van der Waals surface area contributed by atoms with Crippen LogP contribution in [0.3, 0.4) is 0 Å². The number of hydrogen-bond donors (Lipinski definition) is 1. The van der Waals surface area contributed by atoms with Gasteiger partial charge in [-0.25, -0.2) is 4.79 Å². The fourth-order valence-electron chi connectivity index (χ4n) is 4.01. The number of hydrogen-bond acceptors (Lipinski definition) is 3. The van der Waals surface area contributed by atoms with Gasteiger partial charge in [-0.1, -0.05) is 84.4 Å². The third kappa shape index (κ3) is 3.18. The smallest absolute Gasteiger partial charge is 0.315 e. The second-order valence-corrected chi connectivity index (χ2v) is 7.55. The van der Waals surface area contributed by atoms with Crippen LogP contribution in [0, 0.1) is 13.8 Å². The second-order valence-electron chi connectivity index (χ2n) is 7.55. The van der Waals surface area contributed by atoms with Gasteiger partial charge >= 0.3 is 6.03 Å². The first kappa shape index (κ1) is 19.6. The van der Waals surface area contributed by atoms with E-state index in [2.05, 4.69) is 5.32 Å². The lowest BCUT2D eigenvalue weighted by molar-refractivity contribution is -0.129. The summed E-state index contributed by atoms with van der Waals surface area (Å²) in [4.78, 5) is 40.5. The summed E-state index contributed by atoms with van der Waals surface area (Å²) in [7, 11) is 0. The first-order valence-electron chi connectivity index (χ1n) is 9.79. The van der Waals surface area contributed by atoms with Gasteiger partial charge in [0.2, 0.25) is 0 Å². The summed E-state index contributed by atoms with van der Waals surface area (Å²) in [6, 6.07) is 23.1. The number of carbonyl (C=O) groups is 3. The number of rotatable bonds is 5. The fourth-order valence-corrected chi connectivity index (χ4v) is 4.01. The molecule has 0 aliphatic carbocycles. The normalized spacial score (nSPS) is 15.2. The standard InChI is InChI=1S/C25H22N2O3/c1-17-13-14-21(18(2)15-17)22(28)16-27-23(29)25(26-24(27)30,19-9-5-3-6-10-19)20-11-7-4-8-12-20/h3-15H,16H2,1-2H3,(H,26,30). The molecule has 3 aromatic carbocycles. The summed E-state index contributed by atoms with van der Waals surface area (Å²) in [5, 5.41) is 2.87. The van der Waals surface area contributed by atoms with E-state index in [1.807, 2.05) is 62.4 Å². The molecule has 3 aromatic rings. The summed E-state index contributed by atoms with van der Waals surface area (Å²) in [6.45, 7) is 3.49. The minimum atomic E-state index is -1.36. The highest BCUT2D eigenvalue weighted by Crippen LogP contribution is 2.36. The van der Waals surface area contributed by atoms with E-state index in [0.29, 0.717) is 16.7 Å². The Kier molecular flexibility index (Phi) is 4.96. The quantitative estimate of drug-likeness (QED) is 0.522. The minimum absolute atomic E-state index is 0.270. The van der Waals surface area contributed by atoms with Crippen LogP contribution in [-0.2, 0) is 10.3 Å². The first-order valence-corrected chi connectivity index (χ1v) is 9.79. The van der Waals surface area contributed by atoms with E-state index in [1.54, 1.807) is 30.3 Å². The van der Waals surface area contributed by atoms with Crippen molar-refractivity contribution in [2.75, 3.05) is 6.54 Å². The molecule has 4 rings (SSSR count). The van der Waals surface area contributed by atoms with Gasteiger partial charge in [-0.3, -0.25) is 14.5 Å². The zero-order valence-electron chi connectivity index (χ0n) is 16.9. The number of ketones is 1. The molecule has 5 heteroatoms. The van der Waals surface area contributed by atoms with Gasteiger partial charge in [0.1, 0.15) is 0 Å². The van der Waals surface area contributed by atoms with Crippen LogP contribution < -0.4 is 5.32 Å². The van der Waals surface area contributed by atoms with E-state index in [1.165, 1.54) is 0 Å². The summed E-state index contributed by atoms with van der Waals surface area (Å²) in [5.74, 6) is -0.726. The van der Waals surface area contributed by atoms with Gasteiger partial charge < -0.3 is 5.32 Å². The van der Waals surface area contributed by atoms with E-state index in [-0.39, 0.29) is 12.3 Å². The predicted octanol–water partition coefficient (Wildman–Crippen LogP) is 3.98. The number of benzene rings is 3. The zero-order valence-corrected chi connectivity index (χ0v) is 16.9. The molecule has 0 saturated carbocycles.